The van der Waals surface area contributed by atoms with Gasteiger partial charge in [-0.05, 0) is 43.1 Å². The van der Waals surface area contributed by atoms with Crippen molar-refractivity contribution in [3.05, 3.63) is 40.4 Å². The van der Waals surface area contributed by atoms with Gasteiger partial charge in [0.1, 0.15) is 5.75 Å². The summed E-state index contributed by atoms with van der Waals surface area (Å²) < 4.78 is 6.43. The van der Waals surface area contributed by atoms with Crippen LogP contribution in [0, 0.1) is 0 Å². The fraction of sp³-hybridized carbons (Fsp3) is 0.467. The van der Waals surface area contributed by atoms with E-state index in [2.05, 4.69) is 53.3 Å². The molecule has 0 heterocycles. The molecule has 0 aromatic heterocycles. The van der Waals surface area contributed by atoms with Gasteiger partial charge in [-0.15, -0.1) is 0 Å². The highest BCUT2D eigenvalue weighted by molar-refractivity contribution is 9.10. The van der Waals surface area contributed by atoms with Gasteiger partial charge in [0, 0.05) is 10.5 Å². The van der Waals surface area contributed by atoms with Crippen LogP contribution in [0.15, 0.2) is 34.8 Å². The van der Waals surface area contributed by atoms with Crippen molar-refractivity contribution in [3.63, 3.8) is 0 Å². The molecule has 1 N–H and O–H groups in total. The summed E-state index contributed by atoms with van der Waals surface area (Å²) >= 11 is 3.49. The molecular weight excluding hydrogens is 290 g/mol. The van der Waals surface area contributed by atoms with Crippen LogP contribution in [0.5, 0.6) is 5.75 Å². The summed E-state index contributed by atoms with van der Waals surface area (Å²) in [6, 6.07) is 6.66. The maximum absolute atomic E-state index is 5.34. The Hall–Kier alpha value is -0.800. The van der Waals surface area contributed by atoms with E-state index in [1.54, 1.807) is 7.11 Å². The first kappa shape index (κ1) is 15.3. The molecule has 0 atom stereocenters. The summed E-state index contributed by atoms with van der Waals surface area (Å²) in [7, 11) is 1.71. The van der Waals surface area contributed by atoms with Crippen LogP contribution in [0.1, 0.15) is 25.8 Å². The standard InChI is InChI=1S/C15H22BrNO/c1-12(2)17-10-6-4-5-7-13-11-14(16)8-9-15(13)18-3/h4-5,8-9,11-12,17H,6-7,10H2,1-3H3. The molecule has 1 aromatic carbocycles. The number of halogens is 1. The van der Waals surface area contributed by atoms with Gasteiger partial charge in [0.25, 0.3) is 0 Å². The van der Waals surface area contributed by atoms with Gasteiger partial charge >= 0.3 is 0 Å². The predicted octanol–water partition coefficient (Wildman–Crippen LogP) is 3.94. The van der Waals surface area contributed by atoms with Gasteiger partial charge < -0.3 is 10.1 Å². The van der Waals surface area contributed by atoms with Crippen molar-refractivity contribution in [3.8, 4) is 5.75 Å². The Kier molecular flexibility index (Phi) is 7.06. The highest BCUT2D eigenvalue weighted by Gasteiger charge is 2.01. The highest BCUT2D eigenvalue weighted by atomic mass is 79.9. The number of benzene rings is 1. The third-order valence-corrected chi connectivity index (χ3v) is 3.10. The van der Waals surface area contributed by atoms with E-state index in [4.69, 9.17) is 4.74 Å². The molecule has 0 spiro atoms. The minimum Gasteiger partial charge on any atom is -0.496 e. The molecule has 0 amide bonds. The molecule has 18 heavy (non-hydrogen) atoms. The van der Waals surface area contributed by atoms with Crippen molar-refractivity contribution in [2.75, 3.05) is 13.7 Å². The van der Waals surface area contributed by atoms with E-state index in [1.165, 1.54) is 5.56 Å². The van der Waals surface area contributed by atoms with E-state index in [9.17, 15) is 0 Å². The lowest BCUT2D eigenvalue weighted by Crippen LogP contribution is -2.23. The van der Waals surface area contributed by atoms with Gasteiger partial charge in [-0.2, -0.15) is 0 Å². The zero-order valence-electron chi connectivity index (χ0n) is 11.4. The number of allylic oxidation sites excluding steroid dienone is 1. The minimum atomic E-state index is 0.559. The van der Waals surface area contributed by atoms with Gasteiger partial charge in [0.05, 0.1) is 7.11 Å². The van der Waals surface area contributed by atoms with Crippen molar-refractivity contribution in [1.29, 1.82) is 0 Å². The summed E-state index contributed by atoms with van der Waals surface area (Å²) in [5.74, 6) is 0.947. The Labute approximate surface area is 119 Å². The van der Waals surface area contributed by atoms with E-state index in [0.29, 0.717) is 6.04 Å². The number of methoxy groups -OCH3 is 1. The maximum Gasteiger partial charge on any atom is 0.122 e. The van der Waals surface area contributed by atoms with Crippen molar-refractivity contribution < 1.29 is 4.74 Å². The molecule has 3 heteroatoms. The SMILES string of the molecule is COc1ccc(Br)cc1CC=CCCNC(C)C. The number of hydrogen-bond donors (Lipinski definition) is 1. The molecule has 1 rings (SSSR count). The molecule has 0 radical (unpaired) electrons. The van der Waals surface area contributed by atoms with Gasteiger partial charge in [-0.3, -0.25) is 0 Å². The van der Waals surface area contributed by atoms with E-state index in [1.807, 2.05) is 12.1 Å². The Morgan fingerprint density at radius 2 is 2.11 bits per heavy atom. The van der Waals surface area contributed by atoms with Gasteiger partial charge in [0.2, 0.25) is 0 Å². The van der Waals surface area contributed by atoms with E-state index in [-0.39, 0.29) is 0 Å². The molecule has 100 valence electrons. The second-order valence-electron chi connectivity index (χ2n) is 4.53. The Balaban J connectivity index is 2.42. The third-order valence-electron chi connectivity index (χ3n) is 2.61. The van der Waals surface area contributed by atoms with Crippen LogP contribution in [0.2, 0.25) is 0 Å². The van der Waals surface area contributed by atoms with Crippen LogP contribution >= 0.6 is 15.9 Å². The average Bonchev–Trinajstić information content (AvgIpc) is 2.33. The van der Waals surface area contributed by atoms with Gasteiger partial charge in [-0.25, -0.2) is 0 Å². The lowest BCUT2D eigenvalue weighted by atomic mass is 10.1. The number of rotatable bonds is 7. The summed E-state index contributed by atoms with van der Waals surface area (Å²) in [4.78, 5) is 0. The fourth-order valence-corrected chi connectivity index (χ4v) is 2.10. The molecule has 0 unspecified atom stereocenters. The molecule has 1 aromatic rings. The normalized spacial score (nSPS) is 11.4. The minimum absolute atomic E-state index is 0.559. The molecule has 0 bridgehead atoms. The topological polar surface area (TPSA) is 21.3 Å². The number of ether oxygens (including phenoxy) is 1. The Morgan fingerprint density at radius 3 is 2.78 bits per heavy atom. The lowest BCUT2D eigenvalue weighted by molar-refractivity contribution is 0.410. The predicted molar refractivity (Wildman–Crippen MR) is 81.3 cm³/mol. The van der Waals surface area contributed by atoms with E-state index < -0.39 is 0 Å². The zero-order chi connectivity index (χ0) is 13.4. The first-order valence-electron chi connectivity index (χ1n) is 6.34. The second kappa shape index (κ2) is 8.33. The molecule has 2 nitrogen and oxygen atoms in total. The monoisotopic (exact) mass is 311 g/mol. The molecule has 0 saturated carbocycles. The lowest BCUT2D eigenvalue weighted by Gasteiger charge is -2.07. The zero-order valence-corrected chi connectivity index (χ0v) is 13.0. The van der Waals surface area contributed by atoms with Crippen molar-refractivity contribution in [2.24, 2.45) is 0 Å². The van der Waals surface area contributed by atoms with E-state index in [0.717, 1.165) is 29.6 Å². The van der Waals surface area contributed by atoms with Crippen LogP contribution in [0.3, 0.4) is 0 Å². The number of nitrogens with one attached hydrogen (secondary N) is 1. The van der Waals surface area contributed by atoms with Gasteiger partial charge in [0.15, 0.2) is 0 Å². The molecule has 0 fully saturated rings. The van der Waals surface area contributed by atoms with Crippen LogP contribution in [0.4, 0.5) is 0 Å². The Bertz CT molecular complexity index is 388. The summed E-state index contributed by atoms with van der Waals surface area (Å²) in [5.41, 5.74) is 1.21. The molecule has 0 aliphatic heterocycles. The molecule has 0 saturated heterocycles. The van der Waals surface area contributed by atoms with Crippen LogP contribution in [-0.2, 0) is 6.42 Å². The summed E-state index contributed by atoms with van der Waals surface area (Å²) in [6.45, 7) is 5.36. The third kappa shape index (κ3) is 5.69. The molecular formula is C15H22BrNO. The first-order chi connectivity index (χ1) is 8.63. The summed E-state index contributed by atoms with van der Waals surface area (Å²) in [6.07, 6.45) is 6.39. The quantitative estimate of drug-likeness (QED) is 0.608. The largest absolute Gasteiger partial charge is 0.496 e. The molecule has 0 aliphatic carbocycles. The van der Waals surface area contributed by atoms with Crippen LogP contribution < -0.4 is 10.1 Å². The van der Waals surface area contributed by atoms with Crippen molar-refractivity contribution in [2.45, 2.75) is 32.7 Å². The second-order valence-corrected chi connectivity index (χ2v) is 5.44. The maximum atomic E-state index is 5.34. The van der Waals surface area contributed by atoms with Crippen LogP contribution in [0.25, 0.3) is 0 Å². The van der Waals surface area contributed by atoms with Crippen molar-refractivity contribution >= 4 is 15.9 Å². The first-order valence-corrected chi connectivity index (χ1v) is 7.13. The fourth-order valence-electron chi connectivity index (χ4n) is 1.69. The number of hydrogen-bond acceptors (Lipinski definition) is 2. The summed E-state index contributed by atoms with van der Waals surface area (Å²) in [5, 5.41) is 3.39. The molecule has 0 aliphatic rings. The van der Waals surface area contributed by atoms with Crippen LogP contribution in [-0.4, -0.2) is 19.7 Å². The smallest absolute Gasteiger partial charge is 0.122 e. The van der Waals surface area contributed by atoms with Crippen molar-refractivity contribution in [1.82, 2.24) is 5.32 Å². The Morgan fingerprint density at radius 1 is 1.33 bits per heavy atom. The van der Waals surface area contributed by atoms with Gasteiger partial charge in [-0.1, -0.05) is 41.9 Å². The average molecular weight is 312 g/mol. The van der Waals surface area contributed by atoms with E-state index >= 15 is 0 Å². The highest BCUT2D eigenvalue weighted by Crippen LogP contribution is 2.23.